The van der Waals surface area contributed by atoms with E-state index in [1.807, 2.05) is 0 Å². The standard InChI is InChI=1S/C16H32N2S/c1-5-16(4)12-18(15(10-17-16)13(2)3)11-14-8-6-7-9-19-14/h13-15,17H,5-12H2,1-4H3. The molecule has 3 atom stereocenters. The number of piperazine rings is 1. The van der Waals surface area contributed by atoms with Gasteiger partial charge in [0.1, 0.15) is 0 Å². The van der Waals surface area contributed by atoms with Gasteiger partial charge < -0.3 is 5.32 Å². The first kappa shape index (κ1) is 15.7. The topological polar surface area (TPSA) is 15.3 Å². The molecule has 2 rings (SSSR count). The van der Waals surface area contributed by atoms with Crippen molar-refractivity contribution in [1.82, 2.24) is 10.2 Å². The molecule has 3 heteroatoms. The summed E-state index contributed by atoms with van der Waals surface area (Å²) < 4.78 is 0. The molecule has 2 heterocycles. The first-order valence-electron chi connectivity index (χ1n) is 8.15. The average molecular weight is 285 g/mol. The predicted octanol–water partition coefficient (Wildman–Crippen LogP) is 3.37. The molecule has 112 valence electrons. The van der Waals surface area contributed by atoms with Crippen LogP contribution in [0.15, 0.2) is 0 Å². The molecular weight excluding hydrogens is 252 g/mol. The zero-order chi connectivity index (χ0) is 13.9. The van der Waals surface area contributed by atoms with Gasteiger partial charge in [0.15, 0.2) is 0 Å². The van der Waals surface area contributed by atoms with Crippen LogP contribution in [0.3, 0.4) is 0 Å². The number of thioether (sulfide) groups is 1. The van der Waals surface area contributed by atoms with E-state index >= 15 is 0 Å². The van der Waals surface area contributed by atoms with Gasteiger partial charge in [-0.3, -0.25) is 4.90 Å². The molecule has 0 spiro atoms. The Balaban J connectivity index is 1.98. The van der Waals surface area contributed by atoms with E-state index < -0.39 is 0 Å². The Labute approximate surface area is 124 Å². The van der Waals surface area contributed by atoms with Gasteiger partial charge in [0.2, 0.25) is 0 Å². The summed E-state index contributed by atoms with van der Waals surface area (Å²) in [5.41, 5.74) is 0.324. The normalized spacial score (nSPS) is 37.7. The molecule has 0 bridgehead atoms. The van der Waals surface area contributed by atoms with Crippen LogP contribution in [0.2, 0.25) is 0 Å². The first-order chi connectivity index (χ1) is 9.04. The van der Waals surface area contributed by atoms with Crippen LogP contribution in [-0.4, -0.2) is 47.1 Å². The van der Waals surface area contributed by atoms with Crippen LogP contribution >= 0.6 is 11.8 Å². The molecule has 2 nitrogen and oxygen atoms in total. The summed E-state index contributed by atoms with van der Waals surface area (Å²) in [7, 11) is 0. The molecule has 0 aromatic rings. The van der Waals surface area contributed by atoms with Crippen LogP contribution in [0.4, 0.5) is 0 Å². The van der Waals surface area contributed by atoms with Gasteiger partial charge >= 0.3 is 0 Å². The number of rotatable bonds is 4. The van der Waals surface area contributed by atoms with Crippen LogP contribution < -0.4 is 5.32 Å². The van der Waals surface area contributed by atoms with Crippen LogP contribution in [-0.2, 0) is 0 Å². The van der Waals surface area contributed by atoms with E-state index in [9.17, 15) is 0 Å². The molecular formula is C16H32N2S. The molecule has 2 fully saturated rings. The van der Waals surface area contributed by atoms with E-state index in [4.69, 9.17) is 0 Å². The lowest BCUT2D eigenvalue weighted by molar-refractivity contribution is 0.0600. The fourth-order valence-electron chi connectivity index (χ4n) is 3.41. The molecule has 2 saturated heterocycles. The zero-order valence-electron chi connectivity index (χ0n) is 13.2. The third kappa shape index (κ3) is 4.12. The lowest BCUT2D eigenvalue weighted by atomic mass is 9.89. The Bertz CT molecular complexity index is 276. The monoisotopic (exact) mass is 284 g/mol. The summed E-state index contributed by atoms with van der Waals surface area (Å²) in [6, 6.07) is 0.724. The molecule has 0 aromatic heterocycles. The molecule has 2 aliphatic rings. The van der Waals surface area contributed by atoms with Gasteiger partial charge in [0, 0.05) is 36.5 Å². The van der Waals surface area contributed by atoms with E-state index in [0.29, 0.717) is 5.54 Å². The quantitative estimate of drug-likeness (QED) is 0.852. The van der Waals surface area contributed by atoms with Crippen molar-refractivity contribution < 1.29 is 0 Å². The van der Waals surface area contributed by atoms with Crippen LogP contribution in [0.25, 0.3) is 0 Å². The SMILES string of the molecule is CCC1(C)CN(CC2CCCCS2)C(C(C)C)CN1. The van der Waals surface area contributed by atoms with Crippen LogP contribution in [0.1, 0.15) is 53.4 Å². The summed E-state index contributed by atoms with van der Waals surface area (Å²) in [5, 5.41) is 4.68. The van der Waals surface area contributed by atoms with Gasteiger partial charge in [-0.25, -0.2) is 0 Å². The number of nitrogens with zero attached hydrogens (tertiary/aromatic N) is 1. The zero-order valence-corrected chi connectivity index (χ0v) is 14.1. The number of hydrogen-bond acceptors (Lipinski definition) is 3. The van der Waals surface area contributed by atoms with Crippen molar-refractivity contribution in [3.8, 4) is 0 Å². The second-order valence-electron chi connectivity index (χ2n) is 7.02. The molecule has 1 N–H and O–H groups in total. The van der Waals surface area contributed by atoms with Crippen molar-refractivity contribution in [1.29, 1.82) is 0 Å². The Kier molecular flexibility index (Phi) is 5.62. The Morgan fingerprint density at radius 1 is 1.37 bits per heavy atom. The van der Waals surface area contributed by atoms with E-state index in [1.165, 1.54) is 51.1 Å². The fraction of sp³-hybridized carbons (Fsp3) is 1.00. The van der Waals surface area contributed by atoms with Gasteiger partial charge in [-0.2, -0.15) is 11.8 Å². The van der Waals surface area contributed by atoms with Crippen molar-refractivity contribution in [2.24, 2.45) is 5.92 Å². The Hall–Kier alpha value is 0.270. The van der Waals surface area contributed by atoms with Crippen LogP contribution in [0, 0.1) is 5.92 Å². The van der Waals surface area contributed by atoms with Gasteiger partial charge in [-0.15, -0.1) is 0 Å². The highest BCUT2D eigenvalue weighted by Crippen LogP contribution is 2.29. The lowest BCUT2D eigenvalue weighted by Crippen LogP contribution is -2.64. The van der Waals surface area contributed by atoms with E-state index in [2.05, 4.69) is 49.7 Å². The summed E-state index contributed by atoms with van der Waals surface area (Å²) >= 11 is 2.22. The van der Waals surface area contributed by atoms with Gasteiger partial charge in [-0.05, 0) is 37.9 Å². The third-order valence-electron chi connectivity index (χ3n) is 5.02. The van der Waals surface area contributed by atoms with Crippen molar-refractivity contribution in [2.75, 3.05) is 25.4 Å². The van der Waals surface area contributed by atoms with Crippen molar-refractivity contribution in [3.63, 3.8) is 0 Å². The second-order valence-corrected chi connectivity index (χ2v) is 8.43. The number of hydrogen-bond donors (Lipinski definition) is 1. The maximum absolute atomic E-state index is 3.80. The summed E-state index contributed by atoms with van der Waals surface area (Å²) in [5.74, 6) is 2.14. The summed E-state index contributed by atoms with van der Waals surface area (Å²) in [6.45, 7) is 13.2. The van der Waals surface area contributed by atoms with Crippen LogP contribution in [0.5, 0.6) is 0 Å². The van der Waals surface area contributed by atoms with Crippen molar-refractivity contribution in [3.05, 3.63) is 0 Å². The molecule has 0 saturated carbocycles. The lowest BCUT2D eigenvalue weighted by Gasteiger charge is -2.48. The van der Waals surface area contributed by atoms with E-state index in [1.54, 1.807) is 0 Å². The van der Waals surface area contributed by atoms with E-state index in [0.717, 1.165) is 17.2 Å². The summed E-state index contributed by atoms with van der Waals surface area (Å²) in [4.78, 5) is 2.80. The molecule has 0 amide bonds. The summed E-state index contributed by atoms with van der Waals surface area (Å²) in [6.07, 6.45) is 5.54. The van der Waals surface area contributed by atoms with E-state index in [-0.39, 0.29) is 0 Å². The maximum Gasteiger partial charge on any atom is 0.0278 e. The molecule has 3 unspecified atom stereocenters. The molecule has 0 aliphatic carbocycles. The van der Waals surface area contributed by atoms with Crippen molar-refractivity contribution in [2.45, 2.75) is 70.2 Å². The van der Waals surface area contributed by atoms with Gasteiger partial charge in [0.25, 0.3) is 0 Å². The molecule has 2 aliphatic heterocycles. The largest absolute Gasteiger partial charge is 0.309 e. The highest BCUT2D eigenvalue weighted by atomic mass is 32.2. The Morgan fingerprint density at radius 2 is 2.16 bits per heavy atom. The minimum atomic E-state index is 0.324. The highest BCUT2D eigenvalue weighted by Gasteiger charge is 2.36. The third-order valence-corrected chi connectivity index (χ3v) is 6.40. The fourth-order valence-corrected chi connectivity index (χ4v) is 4.74. The predicted molar refractivity (Wildman–Crippen MR) is 87.0 cm³/mol. The van der Waals surface area contributed by atoms with Crippen molar-refractivity contribution >= 4 is 11.8 Å². The molecule has 19 heavy (non-hydrogen) atoms. The smallest absolute Gasteiger partial charge is 0.0278 e. The first-order valence-corrected chi connectivity index (χ1v) is 9.19. The minimum Gasteiger partial charge on any atom is -0.309 e. The van der Waals surface area contributed by atoms with Gasteiger partial charge in [-0.1, -0.05) is 27.2 Å². The highest BCUT2D eigenvalue weighted by molar-refractivity contribution is 7.99. The molecule has 0 aromatic carbocycles. The molecule has 0 radical (unpaired) electrons. The Morgan fingerprint density at radius 3 is 2.74 bits per heavy atom. The number of nitrogens with one attached hydrogen (secondary N) is 1. The maximum atomic E-state index is 3.80. The minimum absolute atomic E-state index is 0.324. The second kappa shape index (κ2) is 6.82. The van der Waals surface area contributed by atoms with Gasteiger partial charge in [0.05, 0.1) is 0 Å². The average Bonchev–Trinajstić information content (AvgIpc) is 2.40.